The molecule has 0 aromatic carbocycles. The standard InChI is InChI=1S/C12H13N5O4/c1-14-5-2-17(11-7(5)10(13)15-4-16-11)12-9(20)8(19)6(3-18)21-12/h2,4,6,8-9,12,18-20H,3H2,(H2,13,15,16)/t6?,8-,9-,12-/m1/s1. The lowest BCUT2D eigenvalue weighted by Crippen LogP contribution is -2.33. The molecule has 0 amide bonds. The molecule has 0 bridgehead atoms. The Labute approximate surface area is 119 Å². The van der Waals surface area contributed by atoms with Gasteiger partial charge in [-0.2, -0.15) is 0 Å². The van der Waals surface area contributed by atoms with Crippen LogP contribution in [-0.4, -0.2) is 54.8 Å². The van der Waals surface area contributed by atoms with Crippen molar-refractivity contribution in [2.45, 2.75) is 24.5 Å². The van der Waals surface area contributed by atoms with E-state index in [4.69, 9.17) is 22.1 Å². The fourth-order valence-electron chi connectivity index (χ4n) is 2.48. The number of nitrogens with zero attached hydrogens (tertiary/aromatic N) is 4. The van der Waals surface area contributed by atoms with Gasteiger partial charge in [0.1, 0.15) is 36.1 Å². The van der Waals surface area contributed by atoms with Crippen LogP contribution in [0.4, 0.5) is 11.5 Å². The van der Waals surface area contributed by atoms with Gasteiger partial charge in [0.15, 0.2) is 6.23 Å². The van der Waals surface area contributed by atoms with Gasteiger partial charge in [-0.1, -0.05) is 0 Å². The lowest BCUT2D eigenvalue weighted by Gasteiger charge is -2.17. The van der Waals surface area contributed by atoms with Crippen molar-refractivity contribution in [3.05, 3.63) is 23.9 Å². The van der Waals surface area contributed by atoms with E-state index in [1.54, 1.807) is 0 Å². The van der Waals surface area contributed by atoms with Crippen molar-refractivity contribution in [1.29, 1.82) is 0 Å². The lowest BCUT2D eigenvalue weighted by atomic mass is 10.1. The smallest absolute Gasteiger partial charge is 0.217 e. The number of hydrogen-bond donors (Lipinski definition) is 4. The summed E-state index contributed by atoms with van der Waals surface area (Å²) in [5.41, 5.74) is 6.31. The third kappa shape index (κ3) is 1.93. The second-order valence-corrected chi connectivity index (χ2v) is 4.72. The Hall–Kier alpha value is -2.25. The average Bonchev–Trinajstić information content (AvgIpc) is 2.99. The summed E-state index contributed by atoms with van der Waals surface area (Å²) in [6, 6.07) is 0. The van der Waals surface area contributed by atoms with Gasteiger partial charge < -0.3 is 30.4 Å². The van der Waals surface area contributed by atoms with Crippen LogP contribution in [-0.2, 0) is 4.74 Å². The van der Waals surface area contributed by atoms with E-state index in [2.05, 4.69) is 14.8 Å². The largest absolute Gasteiger partial charge is 0.394 e. The molecule has 5 N–H and O–H groups in total. The summed E-state index contributed by atoms with van der Waals surface area (Å²) >= 11 is 0. The van der Waals surface area contributed by atoms with Crippen LogP contribution in [0.25, 0.3) is 15.9 Å². The molecular weight excluding hydrogens is 278 g/mol. The van der Waals surface area contributed by atoms with Crippen molar-refractivity contribution in [3.8, 4) is 0 Å². The first-order valence-corrected chi connectivity index (χ1v) is 6.19. The van der Waals surface area contributed by atoms with Gasteiger partial charge in [-0.05, 0) is 0 Å². The Morgan fingerprint density at radius 3 is 2.76 bits per heavy atom. The lowest BCUT2D eigenvalue weighted by molar-refractivity contribution is -0.0508. The number of rotatable bonds is 2. The Balaban J connectivity index is 2.14. The highest BCUT2D eigenvalue weighted by Crippen LogP contribution is 2.37. The Kier molecular flexibility index (Phi) is 3.23. The Bertz CT molecular complexity index is 724. The zero-order chi connectivity index (χ0) is 15.1. The molecular formula is C12H13N5O4. The van der Waals surface area contributed by atoms with Gasteiger partial charge >= 0.3 is 0 Å². The van der Waals surface area contributed by atoms with Gasteiger partial charge in [-0.3, -0.25) is 0 Å². The highest BCUT2D eigenvalue weighted by molar-refractivity contribution is 5.98. The van der Waals surface area contributed by atoms with E-state index >= 15 is 0 Å². The molecule has 2 aromatic heterocycles. The van der Waals surface area contributed by atoms with Gasteiger partial charge in [0.05, 0.1) is 18.6 Å². The molecule has 9 heteroatoms. The monoisotopic (exact) mass is 291 g/mol. The maximum absolute atomic E-state index is 10.1. The van der Waals surface area contributed by atoms with E-state index in [0.29, 0.717) is 11.0 Å². The van der Waals surface area contributed by atoms with Gasteiger partial charge in [0.25, 0.3) is 0 Å². The van der Waals surface area contributed by atoms with Crippen molar-refractivity contribution >= 4 is 22.5 Å². The third-order valence-electron chi connectivity index (χ3n) is 3.53. The van der Waals surface area contributed by atoms with Crippen LogP contribution in [0.5, 0.6) is 0 Å². The van der Waals surface area contributed by atoms with Crippen molar-refractivity contribution in [1.82, 2.24) is 14.5 Å². The normalized spacial score (nSPS) is 28.9. The molecule has 110 valence electrons. The summed E-state index contributed by atoms with van der Waals surface area (Å²) in [7, 11) is 0. The summed E-state index contributed by atoms with van der Waals surface area (Å²) in [6.07, 6.45) is -1.69. The molecule has 0 radical (unpaired) electrons. The van der Waals surface area contributed by atoms with Crippen molar-refractivity contribution in [3.63, 3.8) is 0 Å². The summed E-state index contributed by atoms with van der Waals surface area (Å²) < 4.78 is 6.86. The van der Waals surface area contributed by atoms with Crippen molar-refractivity contribution in [2.75, 3.05) is 12.3 Å². The first kappa shape index (κ1) is 13.7. The molecule has 1 aliphatic rings. The molecule has 0 saturated carbocycles. The zero-order valence-electron chi connectivity index (χ0n) is 10.8. The number of fused-ring (bicyclic) bond motifs is 1. The second kappa shape index (κ2) is 4.94. The van der Waals surface area contributed by atoms with Gasteiger partial charge in [-0.25, -0.2) is 14.8 Å². The van der Waals surface area contributed by atoms with Crippen molar-refractivity contribution < 1.29 is 20.1 Å². The minimum atomic E-state index is -1.26. The molecule has 21 heavy (non-hydrogen) atoms. The number of nitrogens with two attached hydrogens (primary N) is 1. The van der Waals surface area contributed by atoms with E-state index in [0.717, 1.165) is 0 Å². The summed E-state index contributed by atoms with van der Waals surface area (Å²) in [4.78, 5) is 11.3. The molecule has 0 spiro atoms. The Morgan fingerprint density at radius 2 is 2.14 bits per heavy atom. The van der Waals surface area contributed by atoms with E-state index in [9.17, 15) is 10.2 Å². The van der Waals surface area contributed by atoms with Gasteiger partial charge in [-0.15, -0.1) is 0 Å². The third-order valence-corrected chi connectivity index (χ3v) is 3.53. The van der Waals surface area contributed by atoms with Crippen LogP contribution in [0.2, 0.25) is 0 Å². The van der Waals surface area contributed by atoms with Crippen LogP contribution in [0.15, 0.2) is 12.5 Å². The van der Waals surface area contributed by atoms with E-state index in [1.165, 1.54) is 17.1 Å². The van der Waals surface area contributed by atoms with Crippen LogP contribution < -0.4 is 5.73 Å². The summed E-state index contributed by atoms with van der Waals surface area (Å²) in [5, 5.41) is 29.4. The minimum absolute atomic E-state index is 0.150. The summed E-state index contributed by atoms with van der Waals surface area (Å²) in [6.45, 7) is 6.75. The number of aliphatic hydroxyl groups excluding tert-OH is 3. The van der Waals surface area contributed by atoms with Gasteiger partial charge in [0.2, 0.25) is 5.69 Å². The van der Waals surface area contributed by atoms with Crippen molar-refractivity contribution in [2.24, 2.45) is 0 Å². The molecule has 3 rings (SSSR count). The summed E-state index contributed by atoms with van der Waals surface area (Å²) in [5.74, 6) is 0.150. The first-order valence-electron chi connectivity index (χ1n) is 6.19. The highest BCUT2D eigenvalue weighted by Gasteiger charge is 2.44. The first-order chi connectivity index (χ1) is 10.1. The molecule has 1 unspecified atom stereocenters. The molecule has 1 aliphatic heterocycles. The van der Waals surface area contributed by atoms with E-state index in [1.807, 2.05) is 0 Å². The quantitative estimate of drug-likeness (QED) is 0.531. The molecule has 1 saturated heterocycles. The number of hydrogen-bond acceptors (Lipinski definition) is 7. The van der Waals surface area contributed by atoms with E-state index in [-0.39, 0.29) is 11.5 Å². The zero-order valence-corrected chi connectivity index (χ0v) is 10.8. The number of ether oxygens (including phenoxy) is 1. The SMILES string of the molecule is [C-]#[N+]c1cn([C@@H]2OC(CO)[C@@H](O)[C@H]2O)c2ncnc(N)c12. The van der Waals surface area contributed by atoms with Crippen LogP contribution in [0.3, 0.4) is 0 Å². The van der Waals surface area contributed by atoms with Crippen LogP contribution in [0.1, 0.15) is 6.23 Å². The van der Waals surface area contributed by atoms with E-state index < -0.39 is 31.1 Å². The minimum Gasteiger partial charge on any atom is -0.394 e. The number of anilines is 1. The molecule has 2 aromatic rings. The topological polar surface area (TPSA) is 131 Å². The average molecular weight is 291 g/mol. The molecule has 4 atom stereocenters. The molecule has 1 fully saturated rings. The number of aromatic nitrogens is 3. The fourth-order valence-corrected chi connectivity index (χ4v) is 2.48. The number of aliphatic hydroxyl groups is 3. The maximum atomic E-state index is 10.1. The molecule has 0 aliphatic carbocycles. The van der Waals surface area contributed by atoms with Crippen LogP contribution in [0, 0.1) is 6.57 Å². The predicted octanol–water partition coefficient (Wildman–Crippen LogP) is -0.824. The fraction of sp³-hybridized carbons (Fsp3) is 0.417. The molecule has 9 nitrogen and oxygen atoms in total. The highest BCUT2D eigenvalue weighted by atomic mass is 16.6. The second-order valence-electron chi connectivity index (χ2n) is 4.72. The van der Waals surface area contributed by atoms with Gasteiger partial charge in [0, 0.05) is 6.20 Å². The van der Waals surface area contributed by atoms with Crippen LogP contribution >= 0.6 is 0 Å². The number of nitrogen functional groups attached to an aromatic ring is 1. The molecule has 3 heterocycles. The maximum Gasteiger partial charge on any atom is 0.217 e. The Morgan fingerprint density at radius 1 is 1.38 bits per heavy atom. The predicted molar refractivity (Wildman–Crippen MR) is 71.2 cm³/mol.